The first-order valence-corrected chi connectivity index (χ1v) is 6.94. The molecule has 0 bridgehead atoms. The zero-order valence-corrected chi connectivity index (χ0v) is 11.8. The molecule has 0 aromatic heterocycles. The minimum atomic E-state index is 0.0422. The molecule has 0 radical (unpaired) electrons. The number of hydrogen-bond acceptors (Lipinski definition) is 3. The number of hydrogen-bond donors (Lipinski definition) is 2. The third-order valence-corrected chi connectivity index (χ3v) is 3.80. The largest absolute Gasteiger partial charge is 0.399 e. The van der Waals surface area contributed by atoms with Crippen molar-refractivity contribution >= 4 is 17.5 Å². The van der Waals surface area contributed by atoms with E-state index in [0.717, 1.165) is 18.4 Å². The molecule has 1 saturated heterocycles. The van der Waals surface area contributed by atoms with E-state index in [4.69, 9.17) is 5.73 Å². The Bertz CT molecular complexity index is 476. The Balaban J connectivity index is 1.85. The zero-order chi connectivity index (χ0) is 14.5. The number of nitrogens with zero attached hydrogens (tertiary/aromatic N) is 1. The van der Waals surface area contributed by atoms with Crippen LogP contribution in [0.5, 0.6) is 0 Å². The molecule has 2 amide bonds. The van der Waals surface area contributed by atoms with E-state index >= 15 is 0 Å². The quantitative estimate of drug-likeness (QED) is 0.801. The normalized spacial score (nSPS) is 15.9. The molecule has 1 aliphatic rings. The molecule has 0 unspecified atom stereocenters. The molecule has 3 N–H and O–H groups in total. The first-order chi connectivity index (χ1) is 9.60. The van der Waals surface area contributed by atoms with Gasteiger partial charge in [-0.05, 0) is 30.5 Å². The van der Waals surface area contributed by atoms with Gasteiger partial charge in [-0.2, -0.15) is 0 Å². The van der Waals surface area contributed by atoms with Crippen molar-refractivity contribution in [1.82, 2.24) is 10.2 Å². The summed E-state index contributed by atoms with van der Waals surface area (Å²) in [6.07, 6.45) is 1.88. The van der Waals surface area contributed by atoms with Gasteiger partial charge in [0.2, 0.25) is 11.8 Å². The molecule has 1 aromatic rings. The van der Waals surface area contributed by atoms with Crippen LogP contribution in [0.2, 0.25) is 0 Å². The molecule has 1 aromatic carbocycles. The van der Waals surface area contributed by atoms with Crippen molar-refractivity contribution in [3.8, 4) is 0 Å². The number of nitrogens with two attached hydrogens (primary N) is 1. The lowest BCUT2D eigenvalue weighted by Gasteiger charge is -2.31. The highest BCUT2D eigenvalue weighted by Gasteiger charge is 2.26. The lowest BCUT2D eigenvalue weighted by atomic mass is 9.95. The van der Waals surface area contributed by atoms with Crippen molar-refractivity contribution < 1.29 is 9.59 Å². The highest BCUT2D eigenvalue weighted by Crippen LogP contribution is 2.18. The Morgan fingerprint density at radius 1 is 1.25 bits per heavy atom. The average molecular weight is 275 g/mol. The van der Waals surface area contributed by atoms with Crippen molar-refractivity contribution in [2.45, 2.75) is 19.3 Å². The van der Waals surface area contributed by atoms with Gasteiger partial charge in [0.15, 0.2) is 0 Å². The van der Waals surface area contributed by atoms with Crippen LogP contribution < -0.4 is 11.1 Å². The Hall–Kier alpha value is -2.04. The first-order valence-electron chi connectivity index (χ1n) is 6.94. The fraction of sp³-hybridized carbons (Fsp3) is 0.467. The number of nitrogen functional groups attached to an aromatic ring is 1. The van der Waals surface area contributed by atoms with Crippen molar-refractivity contribution in [3.05, 3.63) is 29.8 Å². The molecule has 5 heteroatoms. The molecule has 5 nitrogen and oxygen atoms in total. The van der Waals surface area contributed by atoms with Crippen LogP contribution in [-0.2, 0) is 16.0 Å². The van der Waals surface area contributed by atoms with E-state index < -0.39 is 0 Å². The van der Waals surface area contributed by atoms with E-state index in [9.17, 15) is 9.59 Å². The maximum atomic E-state index is 12.2. The van der Waals surface area contributed by atoms with Crippen LogP contribution in [0.15, 0.2) is 24.3 Å². The van der Waals surface area contributed by atoms with Crippen LogP contribution in [0.1, 0.15) is 18.4 Å². The molecule has 20 heavy (non-hydrogen) atoms. The minimum Gasteiger partial charge on any atom is -0.399 e. The first kappa shape index (κ1) is 14.4. The number of amides is 2. The Morgan fingerprint density at radius 3 is 2.40 bits per heavy atom. The number of piperidine rings is 1. The van der Waals surface area contributed by atoms with Gasteiger partial charge in [-0.25, -0.2) is 0 Å². The topological polar surface area (TPSA) is 75.4 Å². The predicted octanol–water partition coefficient (Wildman–Crippen LogP) is 0.796. The van der Waals surface area contributed by atoms with Gasteiger partial charge in [0.1, 0.15) is 0 Å². The number of likely N-dealkylation sites (tertiary alicyclic amines) is 1. The van der Waals surface area contributed by atoms with E-state index in [1.807, 2.05) is 17.0 Å². The summed E-state index contributed by atoms with van der Waals surface area (Å²) < 4.78 is 0. The number of benzene rings is 1. The van der Waals surface area contributed by atoms with Gasteiger partial charge in [0.05, 0.1) is 6.42 Å². The summed E-state index contributed by atoms with van der Waals surface area (Å²) in [5.74, 6) is 0.237. The van der Waals surface area contributed by atoms with Gasteiger partial charge < -0.3 is 16.0 Å². The second kappa shape index (κ2) is 6.41. The molecule has 0 saturated carbocycles. The maximum absolute atomic E-state index is 12.2. The zero-order valence-electron chi connectivity index (χ0n) is 11.8. The molecule has 0 aliphatic carbocycles. The molecule has 1 fully saturated rings. The van der Waals surface area contributed by atoms with Gasteiger partial charge in [0.25, 0.3) is 0 Å². The van der Waals surface area contributed by atoms with E-state index in [2.05, 4.69) is 5.32 Å². The summed E-state index contributed by atoms with van der Waals surface area (Å²) in [7, 11) is 1.65. The molecule has 1 heterocycles. The molecular weight excluding hydrogens is 254 g/mol. The summed E-state index contributed by atoms with van der Waals surface area (Å²) in [6, 6.07) is 7.37. The Kier molecular flexibility index (Phi) is 4.61. The van der Waals surface area contributed by atoms with Crippen molar-refractivity contribution in [2.75, 3.05) is 25.9 Å². The minimum absolute atomic E-state index is 0.0422. The van der Waals surface area contributed by atoms with E-state index in [-0.39, 0.29) is 17.7 Å². The van der Waals surface area contributed by atoms with Crippen molar-refractivity contribution in [1.29, 1.82) is 0 Å². The second-order valence-corrected chi connectivity index (χ2v) is 5.19. The van der Waals surface area contributed by atoms with Gasteiger partial charge in [-0.15, -0.1) is 0 Å². The maximum Gasteiger partial charge on any atom is 0.226 e. The van der Waals surface area contributed by atoms with Crippen molar-refractivity contribution in [3.63, 3.8) is 0 Å². The fourth-order valence-corrected chi connectivity index (χ4v) is 2.52. The summed E-state index contributed by atoms with van der Waals surface area (Å²) in [5.41, 5.74) is 7.30. The molecule has 0 atom stereocenters. The van der Waals surface area contributed by atoms with Gasteiger partial charge in [-0.1, -0.05) is 12.1 Å². The Morgan fingerprint density at radius 2 is 1.85 bits per heavy atom. The van der Waals surface area contributed by atoms with Gasteiger partial charge in [0, 0.05) is 31.7 Å². The summed E-state index contributed by atoms with van der Waals surface area (Å²) in [5, 5.41) is 2.67. The molecule has 2 rings (SSSR count). The van der Waals surface area contributed by atoms with E-state index in [1.54, 1.807) is 19.2 Å². The van der Waals surface area contributed by atoms with Crippen LogP contribution in [0.3, 0.4) is 0 Å². The third kappa shape index (κ3) is 3.50. The summed E-state index contributed by atoms with van der Waals surface area (Å²) in [6.45, 7) is 1.32. The van der Waals surface area contributed by atoms with Crippen LogP contribution in [0.4, 0.5) is 5.69 Å². The average Bonchev–Trinajstić information content (AvgIpc) is 2.49. The van der Waals surface area contributed by atoms with Crippen LogP contribution in [0, 0.1) is 5.92 Å². The number of rotatable bonds is 3. The molecular formula is C15H21N3O2. The highest BCUT2D eigenvalue weighted by molar-refractivity contribution is 5.81. The summed E-state index contributed by atoms with van der Waals surface area (Å²) >= 11 is 0. The predicted molar refractivity (Wildman–Crippen MR) is 77.9 cm³/mol. The number of anilines is 1. The lowest BCUT2D eigenvalue weighted by molar-refractivity contribution is -0.134. The number of carbonyl (C=O) groups excluding carboxylic acids is 2. The monoisotopic (exact) mass is 275 g/mol. The van der Waals surface area contributed by atoms with Crippen LogP contribution >= 0.6 is 0 Å². The van der Waals surface area contributed by atoms with Crippen LogP contribution in [-0.4, -0.2) is 36.9 Å². The lowest BCUT2D eigenvalue weighted by Crippen LogP contribution is -2.42. The fourth-order valence-electron chi connectivity index (χ4n) is 2.52. The Labute approximate surface area is 119 Å². The molecule has 0 spiro atoms. The van der Waals surface area contributed by atoms with Crippen molar-refractivity contribution in [2.24, 2.45) is 5.92 Å². The number of carbonyl (C=O) groups is 2. The SMILES string of the molecule is CNC(=O)C1CCN(C(=O)Cc2ccc(N)cc2)CC1. The van der Waals surface area contributed by atoms with Gasteiger partial charge in [-0.3, -0.25) is 9.59 Å². The molecule has 1 aliphatic heterocycles. The van der Waals surface area contributed by atoms with Crippen LogP contribution in [0.25, 0.3) is 0 Å². The standard InChI is InChI=1S/C15H21N3O2/c1-17-15(20)12-6-8-18(9-7-12)14(19)10-11-2-4-13(16)5-3-11/h2-5,12H,6-10,16H2,1H3,(H,17,20). The third-order valence-electron chi connectivity index (χ3n) is 3.80. The summed E-state index contributed by atoms with van der Waals surface area (Å²) in [4.78, 5) is 25.6. The molecule has 108 valence electrons. The van der Waals surface area contributed by atoms with E-state index in [0.29, 0.717) is 25.2 Å². The van der Waals surface area contributed by atoms with Gasteiger partial charge >= 0.3 is 0 Å². The highest BCUT2D eigenvalue weighted by atomic mass is 16.2. The second-order valence-electron chi connectivity index (χ2n) is 5.19. The van der Waals surface area contributed by atoms with E-state index in [1.165, 1.54) is 0 Å². The number of nitrogens with one attached hydrogen (secondary N) is 1. The smallest absolute Gasteiger partial charge is 0.226 e.